The predicted molar refractivity (Wildman–Crippen MR) is 36.3 cm³/mol. The number of aliphatic hydroxyl groups is 2. The van der Waals surface area contributed by atoms with Crippen LogP contribution in [0.5, 0.6) is 0 Å². The van der Waals surface area contributed by atoms with Crippen LogP contribution in [-0.2, 0) is 0 Å². The first kappa shape index (κ1) is 11.9. The van der Waals surface area contributed by atoms with Crippen molar-refractivity contribution in [3.63, 3.8) is 0 Å². The summed E-state index contributed by atoms with van der Waals surface area (Å²) >= 11 is 0. The third kappa shape index (κ3) is 10.2. The topological polar surface area (TPSA) is 40.5 Å². The molecule has 0 aromatic rings. The van der Waals surface area contributed by atoms with Gasteiger partial charge in [0.15, 0.2) is 6.29 Å². The summed E-state index contributed by atoms with van der Waals surface area (Å²) in [5.74, 6) is 0. The van der Waals surface area contributed by atoms with Crippen LogP contribution in [0.1, 0.15) is 26.2 Å². The predicted octanol–water partition coefficient (Wildman–Crippen LogP) is -0.429. The summed E-state index contributed by atoms with van der Waals surface area (Å²) < 4.78 is 0. The van der Waals surface area contributed by atoms with Gasteiger partial charge in [0, 0.05) is 0 Å². The van der Waals surface area contributed by atoms with Crippen LogP contribution in [0.2, 0.25) is 0 Å². The zero-order chi connectivity index (χ0) is 5.70. The maximum absolute atomic E-state index is 8.24. The summed E-state index contributed by atoms with van der Waals surface area (Å²) in [6, 6.07) is 0. The van der Waals surface area contributed by atoms with Crippen molar-refractivity contribution in [2.24, 2.45) is 0 Å². The van der Waals surface area contributed by atoms with Crippen LogP contribution in [-0.4, -0.2) is 54.2 Å². The molecule has 2 nitrogen and oxygen atoms in total. The van der Waals surface area contributed by atoms with E-state index in [0.29, 0.717) is 6.42 Å². The molecule has 0 fully saturated rings. The van der Waals surface area contributed by atoms with E-state index in [1.54, 1.807) is 0 Å². The van der Waals surface area contributed by atoms with Crippen LogP contribution in [0, 0.1) is 0 Å². The molecule has 0 bridgehead atoms. The van der Waals surface area contributed by atoms with Crippen LogP contribution in [0.15, 0.2) is 0 Å². The standard InChI is InChI=1S/C5H12O2.Ca.2H/c1-2-3-4-5(6)7;;;/h5-7H,2-4H2,1H3;;;. The fraction of sp³-hybridized carbons (Fsp3) is 1.00. The second kappa shape index (κ2) is 8.18. The summed E-state index contributed by atoms with van der Waals surface area (Å²) in [7, 11) is 0. The Hall–Kier alpha value is 1.18. The molecular weight excluding hydrogens is 132 g/mol. The number of hydrogen-bond acceptors (Lipinski definition) is 2. The third-order valence-corrected chi connectivity index (χ3v) is 0.816. The van der Waals surface area contributed by atoms with Gasteiger partial charge in [-0.3, -0.25) is 0 Å². The Morgan fingerprint density at radius 1 is 1.38 bits per heavy atom. The molecule has 0 aromatic carbocycles. The number of unbranched alkanes of at least 4 members (excludes halogenated alkanes) is 1. The fourth-order valence-corrected chi connectivity index (χ4v) is 0.387. The molecule has 0 amide bonds. The van der Waals surface area contributed by atoms with Gasteiger partial charge in [0.1, 0.15) is 0 Å². The van der Waals surface area contributed by atoms with Gasteiger partial charge in [-0.05, 0) is 12.8 Å². The Balaban J connectivity index is 0. The van der Waals surface area contributed by atoms with Gasteiger partial charge in [0.05, 0.1) is 0 Å². The van der Waals surface area contributed by atoms with Crippen molar-refractivity contribution < 1.29 is 10.2 Å². The van der Waals surface area contributed by atoms with Gasteiger partial charge in [-0.1, -0.05) is 13.3 Å². The molecule has 0 atom stereocenters. The van der Waals surface area contributed by atoms with Crippen molar-refractivity contribution in [1.29, 1.82) is 0 Å². The Bertz CT molecular complexity index is 39.4. The molecule has 0 saturated carbocycles. The first-order valence-corrected chi connectivity index (χ1v) is 2.63. The molecule has 0 aliphatic rings. The van der Waals surface area contributed by atoms with E-state index >= 15 is 0 Å². The normalized spacial score (nSPS) is 9.00. The van der Waals surface area contributed by atoms with Crippen LogP contribution < -0.4 is 0 Å². The van der Waals surface area contributed by atoms with E-state index in [4.69, 9.17) is 10.2 Å². The van der Waals surface area contributed by atoms with Crippen LogP contribution in [0.3, 0.4) is 0 Å². The molecule has 8 heavy (non-hydrogen) atoms. The minimum atomic E-state index is -1.10. The number of hydrogen-bond donors (Lipinski definition) is 2. The number of aliphatic hydroxyl groups excluding tert-OH is 1. The van der Waals surface area contributed by atoms with Crippen molar-refractivity contribution in [2.45, 2.75) is 32.5 Å². The first-order valence-electron chi connectivity index (χ1n) is 2.63. The molecule has 0 heterocycles. The average Bonchev–Trinajstić information content (AvgIpc) is 1.61. The Kier molecular flexibility index (Phi) is 12.2. The van der Waals surface area contributed by atoms with E-state index in [1.807, 2.05) is 6.92 Å². The summed E-state index contributed by atoms with van der Waals surface area (Å²) in [5, 5.41) is 16.5. The quantitative estimate of drug-likeness (QED) is 0.419. The maximum atomic E-state index is 8.24. The van der Waals surface area contributed by atoms with Crippen molar-refractivity contribution in [2.75, 3.05) is 0 Å². The van der Waals surface area contributed by atoms with Crippen LogP contribution >= 0.6 is 0 Å². The van der Waals surface area contributed by atoms with Gasteiger partial charge in [0.2, 0.25) is 0 Å². The van der Waals surface area contributed by atoms with Crippen LogP contribution in [0.4, 0.5) is 0 Å². The zero-order valence-corrected chi connectivity index (χ0v) is 4.59. The Labute approximate surface area is 79.9 Å². The average molecular weight is 146 g/mol. The van der Waals surface area contributed by atoms with E-state index in [9.17, 15) is 0 Å². The molecule has 0 unspecified atom stereocenters. The third-order valence-electron chi connectivity index (χ3n) is 0.816. The van der Waals surface area contributed by atoms with E-state index < -0.39 is 6.29 Å². The molecule has 0 aliphatic heterocycles. The Morgan fingerprint density at radius 2 is 1.88 bits per heavy atom. The molecule has 0 saturated heterocycles. The second-order valence-corrected chi connectivity index (χ2v) is 1.62. The number of rotatable bonds is 3. The summed E-state index contributed by atoms with van der Waals surface area (Å²) in [4.78, 5) is 0. The van der Waals surface area contributed by atoms with Crippen molar-refractivity contribution >= 4 is 37.7 Å². The van der Waals surface area contributed by atoms with Gasteiger partial charge in [-0.2, -0.15) is 0 Å². The van der Waals surface area contributed by atoms with Crippen molar-refractivity contribution in [1.82, 2.24) is 0 Å². The summed E-state index contributed by atoms with van der Waals surface area (Å²) in [6.07, 6.45) is 1.34. The van der Waals surface area contributed by atoms with Crippen molar-refractivity contribution in [3.05, 3.63) is 0 Å². The minimum absolute atomic E-state index is 0. The molecule has 3 heteroatoms. The Morgan fingerprint density at radius 3 is 2.00 bits per heavy atom. The molecule has 0 aromatic heterocycles. The van der Waals surface area contributed by atoms with Gasteiger partial charge < -0.3 is 10.2 Å². The van der Waals surface area contributed by atoms with Crippen molar-refractivity contribution in [3.8, 4) is 0 Å². The van der Waals surface area contributed by atoms with Gasteiger partial charge in [-0.25, -0.2) is 0 Å². The van der Waals surface area contributed by atoms with E-state index in [1.165, 1.54) is 0 Å². The fourth-order valence-electron chi connectivity index (χ4n) is 0.387. The van der Waals surface area contributed by atoms with Gasteiger partial charge in [-0.15, -0.1) is 0 Å². The molecule has 0 spiro atoms. The van der Waals surface area contributed by atoms with E-state index in [2.05, 4.69) is 0 Å². The van der Waals surface area contributed by atoms with Gasteiger partial charge in [0.25, 0.3) is 0 Å². The monoisotopic (exact) mass is 146 g/mol. The molecule has 0 aliphatic carbocycles. The first-order chi connectivity index (χ1) is 3.27. The second-order valence-electron chi connectivity index (χ2n) is 1.62. The molecule has 2 N–H and O–H groups in total. The molecule has 0 rings (SSSR count). The summed E-state index contributed by atoms with van der Waals surface area (Å²) in [6.45, 7) is 2.02. The zero-order valence-electron chi connectivity index (χ0n) is 4.59. The van der Waals surface area contributed by atoms with E-state index in [0.717, 1.165) is 12.8 Å². The van der Waals surface area contributed by atoms with E-state index in [-0.39, 0.29) is 37.7 Å². The van der Waals surface area contributed by atoms with Crippen LogP contribution in [0.25, 0.3) is 0 Å². The molecule has 0 radical (unpaired) electrons. The SMILES string of the molecule is CCCCC(O)O.[CaH2]. The van der Waals surface area contributed by atoms with Gasteiger partial charge >= 0.3 is 37.7 Å². The summed E-state index contributed by atoms with van der Waals surface area (Å²) in [5.41, 5.74) is 0. The molecular formula is C5H14CaO2. The molecule has 48 valence electrons.